The Bertz CT molecular complexity index is 2040. The Labute approximate surface area is 668 Å². The number of benzene rings is 2. The van der Waals surface area contributed by atoms with Gasteiger partial charge in [0, 0.05) is 166 Å². The number of carbonyl (C=O) groups is 2. The molecule has 0 radical (unpaired) electrons. The first-order valence-corrected chi connectivity index (χ1v) is 34.7. The van der Waals surface area contributed by atoms with Gasteiger partial charge >= 0.3 is 373 Å². The molecule has 4 aromatic rings. The van der Waals surface area contributed by atoms with Gasteiger partial charge in [-0.1, -0.05) is 66.5 Å². The molecule has 4 rings (SSSR count). The number of rotatable bonds is 12. The van der Waals surface area contributed by atoms with E-state index in [1.807, 2.05) is 173 Å². The maximum absolute atomic E-state index is 11.2. The van der Waals surface area contributed by atoms with Crippen molar-refractivity contribution in [1.82, 2.24) is 29.4 Å². The maximum atomic E-state index is 11.2. The summed E-state index contributed by atoms with van der Waals surface area (Å²) in [5, 5.41) is 8.35. The van der Waals surface area contributed by atoms with Crippen molar-refractivity contribution in [2.24, 2.45) is 14.1 Å². The zero-order valence-electron chi connectivity index (χ0n) is 55.8. The van der Waals surface area contributed by atoms with Crippen LogP contribution in [0.4, 0.5) is 11.6 Å². The van der Waals surface area contributed by atoms with Gasteiger partial charge in [-0.15, -0.1) is 0 Å². The number of likely N-dealkylation sites (N-methyl/N-ethyl adjacent to an activating group) is 2. The van der Waals surface area contributed by atoms with Gasteiger partial charge in [0.2, 0.25) is 11.8 Å². The second kappa shape index (κ2) is 81.5. The molecule has 0 spiro atoms. The number of carbonyl (C=O) groups excluding carboxylic acids is 2. The van der Waals surface area contributed by atoms with Crippen molar-refractivity contribution < 1.29 is 252 Å². The smallest absolute Gasteiger partial charge is 0 e. The predicted molar refractivity (Wildman–Crippen MR) is 324 cm³/mol. The average Bonchev–Trinajstić information content (AvgIpc) is 4.09. The summed E-state index contributed by atoms with van der Waals surface area (Å²) in [6, 6.07) is 25.2. The van der Waals surface area contributed by atoms with Crippen molar-refractivity contribution in [3.63, 3.8) is 0 Å². The van der Waals surface area contributed by atoms with Crippen LogP contribution < -0.4 is 9.80 Å². The second-order valence-corrected chi connectivity index (χ2v) is 23.5. The molecule has 0 saturated heterocycles. The minimum absolute atomic E-state index is 0. The van der Waals surface area contributed by atoms with Crippen LogP contribution in [0.25, 0.3) is 0 Å². The monoisotopic (exact) mass is 3200 g/mol. The van der Waals surface area contributed by atoms with Gasteiger partial charge in [-0.2, -0.15) is 0 Å². The molecule has 0 aliphatic rings. The van der Waals surface area contributed by atoms with Gasteiger partial charge in [0.05, 0.1) is 0 Å². The molecule has 0 N–H and O–H groups in total. The number of aryl methyl sites for hydroxylation is 2. The normalized spacial score (nSPS) is 8.14. The minimum Gasteiger partial charge on any atom is 0 e. The first kappa shape index (κ1) is 120. The number of amides is 2. The van der Waals surface area contributed by atoms with Crippen LogP contribution in [0, 0.1) is 0 Å². The number of nitrogens with zero attached hydrogens (tertiary/aromatic N) is 8. The summed E-state index contributed by atoms with van der Waals surface area (Å²) in [5.41, 5.74) is 7.15. The standard InChI is InChI=1S/2C11H13.2C8H15NO.2C6H8N3.4C2H6.2C2H3.12W/c2*1-4-11(2,3)10-8-6-5-7-9-10;2*1-6(2)7(3)8(10)9(4)5;2*1-8(2)6-4-5-9(3)7-6;6*1-2;;;;;;;;;;;;/h2*5-9H,4H2,2-3H3;2*1-5H3;2*4-5H,1,3H3;4*1-2H3;2*1H3;;;;;;;;;;;;/q2*-1;;;2*-1;;;;;2*-1;;;;;;;;;;;;. The molecule has 0 fully saturated rings. The van der Waals surface area contributed by atoms with Gasteiger partial charge in [-0.05, 0) is 41.5 Å². The molecule has 2 amide bonds. The third-order valence-electron chi connectivity index (χ3n) is 9.45. The fourth-order valence-corrected chi connectivity index (χ4v) is 7.96. The predicted octanol–water partition coefficient (Wildman–Crippen LogP) is 12.7. The largest absolute Gasteiger partial charge is 0 e. The first-order chi connectivity index (χ1) is 36.6. The van der Waals surface area contributed by atoms with Gasteiger partial charge in [0.25, 0.3) is 0 Å². The van der Waals surface area contributed by atoms with E-state index in [1.165, 1.54) is 127 Å². The first-order valence-electron chi connectivity index (χ1n) is 25.9. The molecular weight excluding hydrogens is 3090 g/mol. The third kappa shape index (κ3) is 68.7. The average molecular weight is 3200 g/mol. The van der Waals surface area contributed by atoms with Gasteiger partial charge in [0.15, 0.2) is 0 Å². The van der Waals surface area contributed by atoms with Crippen LogP contribution in [0.2, 0.25) is 0 Å². The second-order valence-electron chi connectivity index (χ2n) is 17.2. The Kier molecular flexibility index (Phi) is 117. The van der Waals surface area contributed by atoms with E-state index in [4.69, 9.17) is 0 Å². The van der Waals surface area contributed by atoms with Crippen LogP contribution in [0.5, 0.6) is 0 Å². The fourth-order valence-electron chi connectivity index (χ4n) is 4.70. The van der Waals surface area contributed by atoms with Crippen LogP contribution in [-0.2, 0) is 277 Å². The molecule has 22 heteroatoms. The summed E-state index contributed by atoms with van der Waals surface area (Å²) in [4.78, 5) is 29.2. The maximum Gasteiger partial charge on any atom is 0 e. The van der Waals surface area contributed by atoms with Crippen molar-refractivity contribution in [3.05, 3.63) is 119 Å². The number of hydrogen-bond acceptors (Lipinski definition) is 6. The van der Waals surface area contributed by atoms with Gasteiger partial charge in [-0.3, -0.25) is 9.59 Å². The molecule has 0 unspecified atom stereocenters. The van der Waals surface area contributed by atoms with Crippen molar-refractivity contribution in [3.8, 4) is 0 Å². The zero-order chi connectivity index (χ0) is 63.2. The van der Waals surface area contributed by atoms with Crippen molar-refractivity contribution in [2.45, 2.75) is 162 Å². The third-order valence-corrected chi connectivity index (χ3v) is 12.5. The minimum atomic E-state index is 0. The fraction of sp³-hybridized carbons (Fsp3) is 0.516. The SMILES string of the molecule is CC.CC.CC.CC.CC(C)(C[C-]=[W])c1ccccc1.CC(C)(C[C-]=[W])c1ccccc1.CC(C)=C(C)C(=O)N(C)C.CC(C)=C(C)C(=O)N(C)C.CN([C-]=[W])c1ccn(C)n1.CN([C-]=[W])c1ccn(C)n1.C[C-]=[W].C[C-]=[W].[W].[W].[W].[W].[W].[W]. The molecule has 2 aromatic carbocycles. The van der Waals surface area contributed by atoms with Crippen molar-refractivity contribution in [1.29, 1.82) is 0 Å². The summed E-state index contributed by atoms with van der Waals surface area (Å²) in [5.74, 6) is 2.08. The molecule has 84 heavy (non-hydrogen) atoms. The number of hydrogen-bond donors (Lipinski definition) is 0. The summed E-state index contributed by atoms with van der Waals surface area (Å²) < 4.78 is 21.9. The molecule has 0 saturated carbocycles. The summed E-state index contributed by atoms with van der Waals surface area (Å²) in [6.45, 7) is 40.3. The van der Waals surface area contributed by atoms with Crippen LogP contribution in [0.15, 0.2) is 107 Å². The molecule has 10 nitrogen and oxygen atoms in total. The number of aromatic nitrogens is 4. The number of anilines is 2. The van der Waals surface area contributed by atoms with Crippen molar-refractivity contribution >= 4 is 50.1 Å². The van der Waals surface area contributed by atoms with Gasteiger partial charge < -0.3 is 9.80 Å². The van der Waals surface area contributed by atoms with E-state index < -0.39 is 0 Å². The number of allylic oxidation sites excluding steroid dienone is 2. The Morgan fingerprint density at radius 1 is 0.452 bits per heavy atom. The van der Waals surface area contributed by atoms with E-state index >= 15 is 0 Å². The zero-order valence-corrected chi connectivity index (χ0v) is 91.0. The van der Waals surface area contributed by atoms with Crippen LogP contribution in [0.3, 0.4) is 0 Å². The molecule has 0 aliphatic heterocycles. The molecule has 0 bridgehead atoms. The van der Waals surface area contributed by atoms with E-state index in [0.29, 0.717) is 0 Å². The van der Waals surface area contributed by atoms with Crippen molar-refractivity contribution in [2.75, 3.05) is 52.1 Å². The topological polar surface area (TPSA) is 82.7 Å². The Morgan fingerprint density at radius 3 is 0.798 bits per heavy atom. The summed E-state index contributed by atoms with van der Waals surface area (Å²) >= 11 is 8.34. The Balaban J connectivity index is -0.0000000551. The van der Waals surface area contributed by atoms with Crippen LogP contribution in [-0.4, -0.2) is 110 Å². The van der Waals surface area contributed by atoms with Crippen LogP contribution >= 0.6 is 0 Å². The summed E-state index contributed by atoms with van der Waals surface area (Å²) in [6.07, 6.45) is 5.93. The van der Waals surface area contributed by atoms with Crippen LogP contribution in [0.1, 0.15) is 162 Å². The Morgan fingerprint density at radius 2 is 0.667 bits per heavy atom. The molecule has 480 valence electrons. The molecule has 2 aromatic heterocycles. The molecule has 0 aliphatic carbocycles. The van der Waals surface area contributed by atoms with E-state index in [2.05, 4.69) is 125 Å². The quantitative estimate of drug-likeness (QED) is 0.0798. The summed E-state index contributed by atoms with van der Waals surface area (Å²) in [7, 11) is 14.7. The van der Waals surface area contributed by atoms with E-state index in [9.17, 15) is 9.59 Å². The van der Waals surface area contributed by atoms with Gasteiger partial charge in [-0.25, -0.2) is 0 Å². The van der Waals surface area contributed by atoms with E-state index in [1.54, 1.807) is 47.4 Å². The van der Waals surface area contributed by atoms with E-state index in [0.717, 1.165) is 46.8 Å². The molecule has 0 atom stereocenters. The molecular formula is C62H102N8O2W12-6. The molecule has 2 heterocycles. The Hall–Kier alpha value is 2.36. The van der Waals surface area contributed by atoms with E-state index in [-0.39, 0.29) is 149 Å². The van der Waals surface area contributed by atoms with Gasteiger partial charge in [0.1, 0.15) is 0 Å².